The molecule has 41 heavy (non-hydrogen) atoms. The molecular formula is C27H21F4N5O4S. The standard InChI is InChI=1S/C27H21F4N5O4S/c1-3-36-11-18(13(2)35-36)17-10-20(27(29,30)31)33-26-21(17)22(23(41-26)24(32)37)34-25(38)19-9-8-16(40-19)12-39-15-6-4-14(28)5-7-15/h4-11H,3,12H2,1-2H3,(H2,32,37)(H,34,38). The lowest BCUT2D eigenvalue weighted by molar-refractivity contribution is -0.140. The number of hydrogen-bond donors (Lipinski definition) is 2. The number of fused-ring (bicyclic) bond motifs is 1. The molecule has 4 aromatic heterocycles. The second-order valence-electron chi connectivity index (χ2n) is 8.85. The number of primary amides is 1. The summed E-state index contributed by atoms with van der Waals surface area (Å²) in [5.41, 5.74) is 5.18. The molecule has 0 saturated heterocycles. The molecule has 3 N–H and O–H groups in total. The first-order valence-electron chi connectivity index (χ1n) is 12.1. The zero-order chi connectivity index (χ0) is 29.5. The van der Waals surface area contributed by atoms with Gasteiger partial charge in [0, 0.05) is 23.7 Å². The van der Waals surface area contributed by atoms with Crippen molar-refractivity contribution in [3.8, 4) is 16.9 Å². The number of nitrogens with one attached hydrogen (secondary N) is 1. The Morgan fingerprint density at radius 3 is 2.51 bits per heavy atom. The van der Waals surface area contributed by atoms with E-state index in [-0.39, 0.29) is 44.5 Å². The quantitative estimate of drug-likeness (QED) is 0.209. The molecule has 0 aliphatic heterocycles. The Balaban J connectivity index is 1.54. The molecule has 212 valence electrons. The van der Waals surface area contributed by atoms with Crippen LogP contribution in [0.2, 0.25) is 0 Å². The summed E-state index contributed by atoms with van der Waals surface area (Å²) in [7, 11) is 0. The fraction of sp³-hybridized carbons (Fsp3) is 0.185. The van der Waals surface area contributed by atoms with Crippen molar-refractivity contribution in [2.45, 2.75) is 33.2 Å². The van der Waals surface area contributed by atoms with Crippen molar-refractivity contribution in [2.24, 2.45) is 5.73 Å². The van der Waals surface area contributed by atoms with E-state index in [4.69, 9.17) is 14.9 Å². The van der Waals surface area contributed by atoms with Crippen molar-refractivity contribution in [1.29, 1.82) is 0 Å². The summed E-state index contributed by atoms with van der Waals surface area (Å²) in [6.07, 6.45) is -3.20. The van der Waals surface area contributed by atoms with Gasteiger partial charge in [-0.05, 0) is 61.9 Å². The number of ether oxygens (including phenoxy) is 1. The second kappa shape index (κ2) is 10.7. The van der Waals surface area contributed by atoms with E-state index in [0.717, 1.165) is 6.07 Å². The lowest BCUT2D eigenvalue weighted by Gasteiger charge is -2.11. The first-order valence-corrected chi connectivity index (χ1v) is 12.9. The Kier molecular flexibility index (Phi) is 7.26. The van der Waals surface area contributed by atoms with Crippen LogP contribution in [0.15, 0.2) is 53.1 Å². The van der Waals surface area contributed by atoms with Gasteiger partial charge >= 0.3 is 6.18 Å². The number of nitrogens with zero attached hydrogens (tertiary/aromatic N) is 3. The summed E-state index contributed by atoms with van der Waals surface area (Å²) >= 11 is 0.634. The van der Waals surface area contributed by atoms with Crippen molar-refractivity contribution in [3.05, 3.63) is 82.3 Å². The maximum atomic E-state index is 13.8. The zero-order valence-corrected chi connectivity index (χ0v) is 22.3. The van der Waals surface area contributed by atoms with Crippen LogP contribution in [0, 0.1) is 12.7 Å². The van der Waals surface area contributed by atoms with Crippen LogP contribution in [0.3, 0.4) is 0 Å². The monoisotopic (exact) mass is 587 g/mol. The maximum Gasteiger partial charge on any atom is 0.433 e. The molecule has 0 aliphatic rings. The van der Waals surface area contributed by atoms with Crippen LogP contribution in [0.4, 0.5) is 23.2 Å². The Morgan fingerprint density at radius 2 is 1.88 bits per heavy atom. The fourth-order valence-electron chi connectivity index (χ4n) is 4.13. The van der Waals surface area contributed by atoms with E-state index in [1.54, 1.807) is 17.8 Å². The molecule has 2 amide bonds. The van der Waals surface area contributed by atoms with Gasteiger partial charge in [0.25, 0.3) is 11.8 Å². The van der Waals surface area contributed by atoms with Gasteiger partial charge in [0.2, 0.25) is 0 Å². The number of amides is 2. The summed E-state index contributed by atoms with van der Waals surface area (Å²) in [5, 5.41) is 7.01. The van der Waals surface area contributed by atoms with Gasteiger partial charge in [-0.1, -0.05) is 0 Å². The largest absolute Gasteiger partial charge is 0.486 e. The number of anilines is 1. The Bertz CT molecular complexity index is 1770. The highest BCUT2D eigenvalue weighted by Crippen LogP contribution is 2.44. The average molecular weight is 588 g/mol. The third kappa shape index (κ3) is 5.63. The number of furan rings is 1. The van der Waals surface area contributed by atoms with Gasteiger partial charge in [-0.3, -0.25) is 14.3 Å². The van der Waals surface area contributed by atoms with Crippen LogP contribution in [-0.4, -0.2) is 26.6 Å². The predicted molar refractivity (Wildman–Crippen MR) is 142 cm³/mol. The van der Waals surface area contributed by atoms with Crippen molar-refractivity contribution >= 4 is 39.1 Å². The lowest BCUT2D eigenvalue weighted by atomic mass is 10.0. The SMILES string of the molecule is CCn1cc(-c2cc(C(F)(F)F)nc3sc(C(N)=O)c(NC(=O)c4ccc(COc5ccc(F)cc5)o4)c23)c(C)n1. The molecule has 0 atom stereocenters. The van der Waals surface area contributed by atoms with Gasteiger partial charge in [0.15, 0.2) is 5.76 Å². The number of pyridine rings is 1. The zero-order valence-electron chi connectivity index (χ0n) is 21.5. The Morgan fingerprint density at radius 1 is 1.15 bits per heavy atom. The number of alkyl halides is 3. The molecule has 0 radical (unpaired) electrons. The van der Waals surface area contributed by atoms with Crippen LogP contribution in [0.25, 0.3) is 21.3 Å². The number of aromatic nitrogens is 3. The predicted octanol–water partition coefficient (Wildman–Crippen LogP) is 6.17. The van der Waals surface area contributed by atoms with Gasteiger partial charge < -0.3 is 20.2 Å². The fourth-order valence-corrected chi connectivity index (χ4v) is 5.14. The van der Waals surface area contributed by atoms with E-state index in [2.05, 4.69) is 15.4 Å². The third-order valence-electron chi connectivity index (χ3n) is 6.06. The van der Waals surface area contributed by atoms with E-state index >= 15 is 0 Å². The molecule has 5 rings (SSSR count). The highest BCUT2D eigenvalue weighted by molar-refractivity contribution is 7.21. The molecule has 4 heterocycles. The summed E-state index contributed by atoms with van der Waals surface area (Å²) in [4.78, 5) is 29.0. The number of nitrogens with two attached hydrogens (primary N) is 1. The topological polar surface area (TPSA) is 125 Å². The van der Waals surface area contributed by atoms with Crippen LogP contribution in [0.1, 0.15) is 44.3 Å². The Hall–Kier alpha value is -4.72. The molecule has 0 spiro atoms. The number of benzene rings is 1. The van der Waals surface area contributed by atoms with E-state index in [1.165, 1.54) is 36.4 Å². The van der Waals surface area contributed by atoms with Gasteiger partial charge in [-0.15, -0.1) is 11.3 Å². The number of aryl methyl sites for hydroxylation is 2. The lowest BCUT2D eigenvalue weighted by Crippen LogP contribution is -2.16. The van der Waals surface area contributed by atoms with E-state index in [1.807, 2.05) is 6.92 Å². The first kappa shape index (κ1) is 27.8. The van der Waals surface area contributed by atoms with E-state index in [9.17, 15) is 27.2 Å². The molecule has 1 aromatic carbocycles. The smallest absolute Gasteiger partial charge is 0.433 e. The average Bonchev–Trinajstić information content (AvgIpc) is 3.64. The molecule has 0 saturated carbocycles. The summed E-state index contributed by atoms with van der Waals surface area (Å²) < 4.78 is 67.1. The van der Waals surface area contributed by atoms with E-state index in [0.29, 0.717) is 34.9 Å². The van der Waals surface area contributed by atoms with Crippen molar-refractivity contribution in [3.63, 3.8) is 0 Å². The second-order valence-corrected chi connectivity index (χ2v) is 9.85. The molecule has 0 bridgehead atoms. The molecular weight excluding hydrogens is 566 g/mol. The third-order valence-corrected chi connectivity index (χ3v) is 7.15. The molecule has 9 nitrogen and oxygen atoms in total. The Labute approximate surface area is 233 Å². The summed E-state index contributed by atoms with van der Waals surface area (Å²) in [5.74, 6) is -1.68. The molecule has 14 heteroatoms. The van der Waals surface area contributed by atoms with E-state index < -0.39 is 29.5 Å². The number of rotatable bonds is 8. The number of carbonyl (C=O) groups is 2. The highest BCUT2D eigenvalue weighted by Gasteiger charge is 2.35. The van der Waals surface area contributed by atoms with Crippen molar-refractivity contribution in [2.75, 3.05) is 5.32 Å². The van der Waals surface area contributed by atoms with Crippen LogP contribution in [0.5, 0.6) is 5.75 Å². The maximum absolute atomic E-state index is 13.8. The molecule has 0 unspecified atom stereocenters. The number of hydrogen-bond acceptors (Lipinski definition) is 7. The van der Waals surface area contributed by atoms with Crippen LogP contribution in [-0.2, 0) is 19.3 Å². The minimum atomic E-state index is -4.78. The minimum absolute atomic E-state index is 0.0676. The van der Waals surface area contributed by atoms with Crippen LogP contribution >= 0.6 is 11.3 Å². The number of carbonyl (C=O) groups excluding carboxylic acids is 2. The van der Waals surface area contributed by atoms with Crippen LogP contribution < -0.4 is 15.8 Å². The molecule has 0 aliphatic carbocycles. The van der Waals surface area contributed by atoms with Gasteiger partial charge in [-0.2, -0.15) is 18.3 Å². The first-order chi connectivity index (χ1) is 19.4. The summed E-state index contributed by atoms with van der Waals surface area (Å²) in [6.45, 7) is 3.86. The van der Waals surface area contributed by atoms with Gasteiger partial charge in [0.05, 0.1) is 11.4 Å². The molecule has 5 aromatic rings. The van der Waals surface area contributed by atoms with Gasteiger partial charge in [0.1, 0.15) is 39.3 Å². The minimum Gasteiger partial charge on any atom is -0.486 e. The number of halogens is 4. The highest BCUT2D eigenvalue weighted by atomic mass is 32.1. The van der Waals surface area contributed by atoms with Crippen molar-refractivity contribution in [1.82, 2.24) is 14.8 Å². The number of thiophene rings is 1. The molecule has 0 fully saturated rings. The van der Waals surface area contributed by atoms with Crippen molar-refractivity contribution < 1.29 is 36.3 Å². The van der Waals surface area contributed by atoms with Gasteiger partial charge in [-0.25, -0.2) is 9.37 Å². The summed E-state index contributed by atoms with van der Waals surface area (Å²) in [6, 6.07) is 9.04. The normalized spacial score (nSPS) is 11.7.